The van der Waals surface area contributed by atoms with Gasteiger partial charge in [0.15, 0.2) is 5.58 Å². The van der Waals surface area contributed by atoms with Crippen molar-refractivity contribution in [2.75, 3.05) is 38.1 Å². The highest BCUT2D eigenvalue weighted by atomic mass is 16.5. The maximum absolute atomic E-state index is 10.8. The van der Waals surface area contributed by atoms with E-state index >= 15 is 0 Å². The number of rotatable bonds is 11. The van der Waals surface area contributed by atoms with Gasteiger partial charge in [-0.25, -0.2) is 9.97 Å². The molecule has 0 radical (unpaired) electrons. The molecule has 4 aromatic rings. The number of ether oxygens (including phenoxy) is 3. The van der Waals surface area contributed by atoms with Gasteiger partial charge in [0.2, 0.25) is 5.95 Å². The van der Waals surface area contributed by atoms with Crippen LogP contribution in [0, 0.1) is 19.8 Å². The Hall–Kier alpha value is -4.13. The number of methoxy groups -OCH3 is 2. The van der Waals surface area contributed by atoms with Gasteiger partial charge >= 0.3 is 0 Å². The lowest BCUT2D eigenvalue weighted by Crippen LogP contribution is -2.35. The minimum atomic E-state index is -1.10. The van der Waals surface area contributed by atoms with Crippen molar-refractivity contribution in [3.05, 3.63) is 47.3 Å². The number of furan rings is 1. The highest BCUT2D eigenvalue weighted by Crippen LogP contribution is 2.39. The second-order valence-electron chi connectivity index (χ2n) is 10.4. The molecule has 0 spiro atoms. The monoisotopic (exact) mass is 579 g/mol. The minimum Gasteiger partial charge on any atom is -0.497 e. The van der Waals surface area contributed by atoms with Gasteiger partial charge in [-0.05, 0) is 57.0 Å². The number of anilines is 2. The van der Waals surface area contributed by atoms with Crippen molar-refractivity contribution in [1.29, 1.82) is 0 Å². The average molecular weight is 580 g/mol. The second kappa shape index (κ2) is 12.4. The number of hydrogen-bond acceptors (Lipinski definition) is 12. The molecule has 4 atom stereocenters. The van der Waals surface area contributed by atoms with Crippen LogP contribution in [0.4, 0.5) is 11.8 Å². The molecule has 1 unspecified atom stereocenters. The summed E-state index contributed by atoms with van der Waals surface area (Å²) in [4.78, 5) is 14.0. The number of pyridine rings is 1. The van der Waals surface area contributed by atoms with Gasteiger partial charge in [0.25, 0.3) is 5.88 Å². The van der Waals surface area contributed by atoms with Crippen LogP contribution in [0.25, 0.3) is 22.3 Å². The van der Waals surface area contributed by atoms with E-state index < -0.39 is 24.2 Å². The lowest BCUT2D eigenvalue weighted by atomic mass is 10.1. The third-order valence-electron chi connectivity index (χ3n) is 7.44. The summed E-state index contributed by atoms with van der Waals surface area (Å²) in [7, 11) is 3.19. The first-order chi connectivity index (χ1) is 20.2. The Bertz CT molecular complexity index is 1540. The first-order valence-corrected chi connectivity index (χ1v) is 13.9. The highest BCUT2D eigenvalue weighted by molar-refractivity contribution is 5.89. The van der Waals surface area contributed by atoms with E-state index in [-0.39, 0.29) is 6.61 Å². The molecule has 42 heavy (non-hydrogen) atoms. The van der Waals surface area contributed by atoms with E-state index in [1.165, 1.54) is 0 Å². The molecule has 1 aromatic carbocycles. The third kappa shape index (κ3) is 5.91. The zero-order valence-electron chi connectivity index (χ0n) is 24.3. The Kier molecular flexibility index (Phi) is 8.66. The number of fused-ring (bicyclic) bond motifs is 1. The van der Waals surface area contributed by atoms with Crippen molar-refractivity contribution >= 4 is 22.7 Å². The van der Waals surface area contributed by atoms with Crippen molar-refractivity contribution < 1.29 is 33.9 Å². The van der Waals surface area contributed by atoms with Crippen LogP contribution in [0.5, 0.6) is 17.4 Å². The summed E-state index contributed by atoms with van der Waals surface area (Å²) < 4.78 is 22.8. The second-order valence-corrected chi connectivity index (χ2v) is 10.4. The largest absolute Gasteiger partial charge is 0.497 e. The first kappa shape index (κ1) is 29.4. The normalized spacial score (nSPS) is 20.1. The molecular formula is C30H37N5O7. The Morgan fingerprint density at radius 1 is 0.976 bits per heavy atom. The van der Waals surface area contributed by atoms with Crippen LogP contribution in [-0.2, 0) is 6.54 Å². The molecule has 1 aliphatic carbocycles. The van der Waals surface area contributed by atoms with Gasteiger partial charge in [-0.2, -0.15) is 4.98 Å². The number of aromatic nitrogens is 3. The molecule has 1 aliphatic rings. The Labute approximate surface area is 243 Å². The number of aryl methyl sites for hydroxylation is 2. The van der Waals surface area contributed by atoms with Crippen LogP contribution in [0.15, 0.2) is 34.7 Å². The number of aliphatic hydroxyl groups is 3. The molecule has 224 valence electrons. The van der Waals surface area contributed by atoms with Crippen LogP contribution in [0.3, 0.4) is 0 Å². The van der Waals surface area contributed by atoms with Crippen molar-refractivity contribution in [3.8, 4) is 28.7 Å². The van der Waals surface area contributed by atoms with Gasteiger partial charge in [0.1, 0.15) is 29.2 Å². The molecule has 1 fully saturated rings. The van der Waals surface area contributed by atoms with Gasteiger partial charge in [0, 0.05) is 36.2 Å². The molecule has 0 aliphatic heterocycles. The molecule has 3 heterocycles. The zero-order valence-corrected chi connectivity index (χ0v) is 24.3. The van der Waals surface area contributed by atoms with Crippen LogP contribution < -0.4 is 24.8 Å². The molecule has 12 nitrogen and oxygen atoms in total. The predicted molar refractivity (Wildman–Crippen MR) is 157 cm³/mol. The Morgan fingerprint density at radius 3 is 2.36 bits per heavy atom. The summed E-state index contributed by atoms with van der Waals surface area (Å²) in [5.41, 5.74) is 3.40. The van der Waals surface area contributed by atoms with Crippen LogP contribution in [0.2, 0.25) is 0 Å². The predicted octanol–water partition coefficient (Wildman–Crippen LogP) is 3.44. The molecule has 3 aromatic heterocycles. The molecular weight excluding hydrogens is 542 g/mol. The van der Waals surface area contributed by atoms with Crippen LogP contribution >= 0.6 is 0 Å². The summed E-state index contributed by atoms with van der Waals surface area (Å²) in [6, 6.07) is 8.81. The van der Waals surface area contributed by atoms with Crippen molar-refractivity contribution in [2.24, 2.45) is 5.92 Å². The van der Waals surface area contributed by atoms with Crippen molar-refractivity contribution in [3.63, 3.8) is 0 Å². The minimum absolute atomic E-state index is 0.237. The highest BCUT2D eigenvalue weighted by Gasteiger charge is 2.41. The Balaban J connectivity index is 1.54. The molecule has 12 heteroatoms. The van der Waals surface area contributed by atoms with E-state index in [9.17, 15) is 15.3 Å². The summed E-state index contributed by atoms with van der Waals surface area (Å²) in [5.74, 6) is 2.51. The summed E-state index contributed by atoms with van der Waals surface area (Å²) >= 11 is 0. The number of aliphatic hydroxyl groups excluding tert-OH is 3. The summed E-state index contributed by atoms with van der Waals surface area (Å²) in [6.45, 7) is 6.20. The van der Waals surface area contributed by atoms with E-state index in [2.05, 4.69) is 15.6 Å². The lowest BCUT2D eigenvalue weighted by molar-refractivity contribution is 0.00446. The topological polar surface area (TPSA) is 164 Å². The SMILES string of the molecule is CCOc1nc(C)cc2cc(-c3c(C)nc(NCc4cc(OC)cc(OC)c4)nc3NC3C[C@H](CO)[C@@H](O)[C@H]3O)oc12. The van der Waals surface area contributed by atoms with Gasteiger partial charge in [-0.3, -0.25) is 0 Å². The van der Waals surface area contributed by atoms with Gasteiger partial charge in [0.05, 0.1) is 44.2 Å². The summed E-state index contributed by atoms with van der Waals surface area (Å²) in [6.07, 6.45) is -1.81. The van der Waals surface area contributed by atoms with Gasteiger partial charge < -0.3 is 44.6 Å². The molecule has 5 N–H and O–H groups in total. The lowest BCUT2D eigenvalue weighted by Gasteiger charge is -2.21. The van der Waals surface area contributed by atoms with Crippen molar-refractivity contribution in [1.82, 2.24) is 15.0 Å². The fourth-order valence-corrected chi connectivity index (χ4v) is 5.33. The van der Waals surface area contributed by atoms with Gasteiger partial charge in [-0.15, -0.1) is 0 Å². The quantitative estimate of drug-likeness (QED) is 0.176. The molecule has 0 bridgehead atoms. The molecule has 1 saturated carbocycles. The molecule has 0 amide bonds. The standard InChI is InChI=1S/C30H37N5O7/c1-6-41-29-27-18(7-15(2)32-29)11-23(42-27)24-16(3)33-30(31-13-17-8-20(39-4)12-21(9-17)40-5)35-28(24)34-22-10-19(14-36)25(37)26(22)38/h7-9,11-12,19,22,25-26,36-38H,6,10,13-14H2,1-5H3,(H2,31,33,34,35)/t19-,22?,25-,26+/m1/s1. The van der Waals surface area contributed by atoms with E-state index in [1.807, 2.05) is 45.0 Å². The van der Waals surface area contributed by atoms with E-state index in [4.69, 9.17) is 28.6 Å². The smallest absolute Gasteiger partial charge is 0.258 e. The zero-order chi connectivity index (χ0) is 30.0. The number of nitrogens with one attached hydrogen (secondary N) is 2. The maximum Gasteiger partial charge on any atom is 0.258 e. The average Bonchev–Trinajstić information content (AvgIpc) is 3.51. The van der Waals surface area contributed by atoms with Crippen LogP contribution in [0.1, 0.15) is 30.3 Å². The first-order valence-electron chi connectivity index (χ1n) is 13.9. The molecule has 5 rings (SSSR count). The van der Waals surface area contributed by atoms with E-state index in [1.54, 1.807) is 20.3 Å². The number of benzene rings is 1. The third-order valence-corrected chi connectivity index (χ3v) is 7.44. The van der Waals surface area contributed by atoms with E-state index in [0.717, 1.165) is 16.6 Å². The maximum atomic E-state index is 10.8. The number of hydrogen-bond donors (Lipinski definition) is 5. The fourth-order valence-electron chi connectivity index (χ4n) is 5.33. The Morgan fingerprint density at radius 2 is 1.71 bits per heavy atom. The van der Waals surface area contributed by atoms with E-state index in [0.29, 0.717) is 71.3 Å². The van der Waals surface area contributed by atoms with Crippen LogP contribution in [-0.4, -0.2) is 76.0 Å². The fraction of sp³-hybridized carbons (Fsp3) is 0.433. The summed E-state index contributed by atoms with van der Waals surface area (Å²) in [5, 5.41) is 38.3. The molecule has 0 saturated heterocycles. The van der Waals surface area contributed by atoms with Crippen molar-refractivity contribution in [2.45, 2.75) is 52.0 Å². The number of nitrogens with zero attached hydrogens (tertiary/aromatic N) is 3. The van der Waals surface area contributed by atoms with Gasteiger partial charge in [-0.1, -0.05) is 0 Å².